The van der Waals surface area contributed by atoms with Crippen LogP contribution in [0.15, 0.2) is 6.33 Å². The molecule has 4 N–H and O–H groups in total. The second-order valence-corrected chi connectivity index (χ2v) is 4.75. The fourth-order valence-corrected chi connectivity index (χ4v) is 2.84. The Hall–Kier alpha value is -1.56. The first kappa shape index (κ1) is 10.6. The standard InChI is InChI=1S/C11H18N6/c1-13-9-10(12)14-6-15-11(9)17-4-7-2-3-8(5-17)16-7/h6-8,13,16H,2-5H2,1H3,(H2,12,14,15). The number of nitrogens with zero attached hydrogens (tertiary/aromatic N) is 3. The molecular formula is C11H18N6. The Bertz CT molecular complexity index is 408. The molecule has 3 rings (SSSR count). The van der Waals surface area contributed by atoms with Gasteiger partial charge in [-0.05, 0) is 12.8 Å². The van der Waals surface area contributed by atoms with Crippen LogP contribution in [0.5, 0.6) is 0 Å². The first-order valence-corrected chi connectivity index (χ1v) is 6.07. The number of nitrogens with one attached hydrogen (secondary N) is 2. The summed E-state index contributed by atoms with van der Waals surface area (Å²) in [7, 11) is 1.86. The lowest BCUT2D eigenvalue weighted by atomic mass is 10.2. The van der Waals surface area contributed by atoms with E-state index in [0.29, 0.717) is 17.9 Å². The molecule has 2 atom stereocenters. The van der Waals surface area contributed by atoms with Gasteiger partial charge in [0.1, 0.15) is 12.0 Å². The van der Waals surface area contributed by atoms with Crippen LogP contribution in [-0.2, 0) is 0 Å². The van der Waals surface area contributed by atoms with Crippen LogP contribution < -0.4 is 21.3 Å². The molecule has 1 aromatic rings. The minimum Gasteiger partial charge on any atom is -0.382 e. The van der Waals surface area contributed by atoms with Crippen LogP contribution in [0.2, 0.25) is 0 Å². The highest BCUT2D eigenvalue weighted by Gasteiger charge is 2.33. The summed E-state index contributed by atoms with van der Waals surface area (Å²) >= 11 is 0. The van der Waals surface area contributed by atoms with Crippen LogP contribution in [0.4, 0.5) is 17.3 Å². The second kappa shape index (κ2) is 4.03. The smallest absolute Gasteiger partial charge is 0.157 e. The molecular weight excluding hydrogens is 216 g/mol. The molecule has 17 heavy (non-hydrogen) atoms. The monoisotopic (exact) mass is 234 g/mol. The van der Waals surface area contributed by atoms with E-state index in [2.05, 4.69) is 25.5 Å². The molecule has 0 amide bonds. The molecule has 2 fully saturated rings. The highest BCUT2D eigenvalue weighted by Crippen LogP contribution is 2.31. The summed E-state index contributed by atoms with van der Waals surface area (Å²) in [5, 5.41) is 6.70. The lowest BCUT2D eigenvalue weighted by Gasteiger charge is -2.34. The fraction of sp³-hybridized carbons (Fsp3) is 0.636. The largest absolute Gasteiger partial charge is 0.382 e. The molecule has 2 aliphatic rings. The van der Waals surface area contributed by atoms with Crippen molar-refractivity contribution in [1.29, 1.82) is 0 Å². The summed E-state index contributed by atoms with van der Waals surface area (Å²) in [5.41, 5.74) is 6.71. The maximum absolute atomic E-state index is 5.87. The van der Waals surface area contributed by atoms with E-state index in [-0.39, 0.29) is 0 Å². The molecule has 1 aromatic heterocycles. The average molecular weight is 234 g/mol. The maximum atomic E-state index is 5.87. The van der Waals surface area contributed by atoms with E-state index in [1.54, 1.807) is 0 Å². The van der Waals surface area contributed by atoms with Crippen molar-refractivity contribution in [2.45, 2.75) is 24.9 Å². The number of anilines is 3. The van der Waals surface area contributed by atoms with Crippen molar-refractivity contribution in [3.8, 4) is 0 Å². The van der Waals surface area contributed by atoms with Gasteiger partial charge in [0.25, 0.3) is 0 Å². The number of aromatic nitrogens is 2. The number of nitrogen functional groups attached to an aromatic ring is 1. The number of hydrogen-bond acceptors (Lipinski definition) is 6. The van der Waals surface area contributed by atoms with Gasteiger partial charge in [-0.1, -0.05) is 0 Å². The number of fused-ring (bicyclic) bond motifs is 2. The van der Waals surface area contributed by atoms with Gasteiger partial charge in [0.05, 0.1) is 0 Å². The molecule has 6 heteroatoms. The van der Waals surface area contributed by atoms with Gasteiger partial charge < -0.3 is 21.3 Å². The number of rotatable bonds is 2. The molecule has 2 unspecified atom stereocenters. The predicted octanol–water partition coefficient (Wildman–Crippen LogP) is 0.0411. The number of hydrogen-bond donors (Lipinski definition) is 3. The number of piperazine rings is 1. The van der Waals surface area contributed by atoms with Gasteiger partial charge in [-0.15, -0.1) is 0 Å². The summed E-state index contributed by atoms with van der Waals surface area (Å²) in [6.45, 7) is 2.00. The summed E-state index contributed by atoms with van der Waals surface area (Å²) in [6, 6.07) is 1.18. The third kappa shape index (κ3) is 1.78. The molecule has 2 saturated heterocycles. The van der Waals surface area contributed by atoms with Crippen molar-refractivity contribution in [3.05, 3.63) is 6.33 Å². The molecule has 0 spiro atoms. The van der Waals surface area contributed by atoms with Gasteiger partial charge in [0.15, 0.2) is 11.6 Å². The van der Waals surface area contributed by atoms with Crippen molar-refractivity contribution in [2.75, 3.05) is 36.1 Å². The minimum absolute atomic E-state index is 0.517. The lowest BCUT2D eigenvalue weighted by molar-refractivity contribution is 0.463. The van der Waals surface area contributed by atoms with Crippen molar-refractivity contribution in [1.82, 2.24) is 15.3 Å². The zero-order valence-electron chi connectivity index (χ0n) is 9.98. The number of nitrogens with two attached hydrogens (primary N) is 1. The maximum Gasteiger partial charge on any atom is 0.157 e. The fourth-order valence-electron chi connectivity index (χ4n) is 2.84. The molecule has 92 valence electrons. The van der Waals surface area contributed by atoms with Gasteiger partial charge in [-0.25, -0.2) is 9.97 Å². The van der Waals surface area contributed by atoms with Crippen molar-refractivity contribution in [3.63, 3.8) is 0 Å². The molecule has 2 bridgehead atoms. The van der Waals surface area contributed by atoms with Gasteiger partial charge in [-0.2, -0.15) is 0 Å². The van der Waals surface area contributed by atoms with Crippen LogP contribution >= 0.6 is 0 Å². The van der Waals surface area contributed by atoms with E-state index < -0.39 is 0 Å². The highest BCUT2D eigenvalue weighted by molar-refractivity contribution is 5.76. The SMILES string of the molecule is CNc1c(N)ncnc1N1CC2CCC(C1)N2. The highest BCUT2D eigenvalue weighted by atomic mass is 15.3. The second-order valence-electron chi connectivity index (χ2n) is 4.75. The summed E-state index contributed by atoms with van der Waals surface area (Å²) in [6.07, 6.45) is 4.06. The molecule has 0 saturated carbocycles. The molecule has 0 radical (unpaired) electrons. The van der Waals surface area contributed by atoms with Crippen LogP contribution in [-0.4, -0.2) is 42.2 Å². The van der Waals surface area contributed by atoms with Crippen molar-refractivity contribution in [2.24, 2.45) is 0 Å². The van der Waals surface area contributed by atoms with E-state index in [1.807, 2.05) is 7.05 Å². The summed E-state index contributed by atoms with van der Waals surface area (Å²) in [5.74, 6) is 1.45. The van der Waals surface area contributed by atoms with E-state index in [1.165, 1.54) is 19.2 Å². The van der Waals surface area contributed by atoms with E-state index in [0.717, 1.165) is 24.6 Å². The summed E-state index contributed by atoms with van der Waals surface area (Å²) < 4.78 is 0. The molecule has 2 aliphatic heterocycles. The van der Waals surface area contributed by atoms with Gasteiger partial charge in [0.2, 0.25) is 0 Å². The first-order valence-electron chi connectivity index (χ1n) is 6.07. The predicted molar refractivity (Wildman–Crippen MR) is 68.1 cm³/mol. The normalized spacial score (nSPS) is 27.2. The third-order valence-electron chi connectivity index (χ3n) is 3.62. The van der Waals surface area contributed by atoms with E-state index in [9.17, 15) is 0 Å². The average Bonchev–Trinajstić information content (AvgIpc) is 2.68. The van der Waals surface area contributed by atoms with Crippen LogP contribution in [0, 0.1) is 0 Å². The van der Waals surface area contributed by atoms with Crippen molar-refractivity contribution >= 4 is 17.3 Å². The molecule has 0 aromatic carbocycles. The molecule has 0 aliphatic carbocycles. The molecule has 6 nitrogen and oxygen atoms in total. The van der Waals surface area contributed by atoms with Crippen LogP contribution in [0.3, 0.4) is 0 Å². The Morgan fingerprint density at radius 1 is 1.35 bits per heavy atom. The van der Waals surface area contributed by atoms with Crippen molar-refractivity contribution < 1.29 is 0 Å². The lowest BCUT2D eigenvalue weighted by Crippen LogP contribution is -2.51. The summed E-state index contributed by atoms with van der Waals surface area (Å²) in [4.78, 5) is 10.7. The third-order valence-corrected chi connectivity index (χ3v) is 3.62. The van der Waals surface area contributed by atoms with E-state index >= 15 is 0 Å². The van der Waals surface area contributed by atoms with Crippen LogP contribution in [0.1, 0.15) is 12.8 Å². The Kier molecular flexibility index (Phi) is 2.51. The Morgan fingerprint density at radius 2 is 2.06 bits per heavy atom. The minimum atomic E-state index is 0.517. The van der Waals surface area contributed by atoms with Gasteiger partial charge in [-0.3, -0.25) is 0 Å². The van der Waals surface area contributed by atoms with E-state index in [4.69, 9.17) is 5.73 Å². The van der Waals surface area contributed by atoms with Gasteiger partial charge >= 0.3 is 0 Å². The van der Waals surface area contributed by atoms with Crippen LogP contribution in [0.25, 0.3) is 0 Å². The quantitative estimate of drug-likeness (QED) is 0.670. The Balaban J connectivity index is 1.91. The van der Waals surface area contributed by atoms with Gasteiger partial charge in [0, 0.05) is 32.2 Å². The Labute approximate surface area is 101 Å². The first-order chi connectivity index (χ1) is 8.28. The topological polar surface area (TPSA) is 79.1 Å². The molecule has 3 heterocycles. The zero-order chi connectivity index (χ0) is 11.8. The Morgan fingerprint density at radius 3 is 2.71 bits per heavy atom. The zero-order valence-corrected chi connectivity index (χ0v) is 9.98.